The molecule has 0 saturated heterocycles. The molecule has 1 aromatic carbocycles. The fraction of sp³-hybridized carbons (Fsp3) is 0.400. The number of nitrogens with one attached hydrogen (secondary N) is 3. The Hall–Kier alpha value is -4.04. The minimum atomic E-state index is -1.63. The fourth-order valence-corrected chi connectivity index (χ4v) is 2.76. The minimum Gasteiger partial charge on any atom is -0.481 e. The molecule has 4 unspecified atom stereocenters. The van der Waals surface area contributed by atoms with E-state index in [0.29, 0.717) is 5.56 Å². The minimum absolute atomic E-state index is 0.0736. The monoisotopic (exact) mass is 481 g/mol. The third-order valence-electron chi connectivity index (χ3n) is 4.48. The molecule has 34 heavy (non-hydrogen) atoms. The van der Waals surface area contributed by atoms with Gasteiger partial charge in [0.25, 0.3) is 0 Å². The van der Waals surface area contributed by atoms with Crippen LogP contribution in [0.3, 0.4) is 0 Å². The molecular formula is C20H27N5O9. The number of hydrogen-bond donors (Lipinski definition) is 8. The number of carbonyl (C=O) groups is 6. The molecule has 4 atom stereocenters. The first kappa shape index (κ1) is 28.0. The third kappa shape index (κ3) is 9.62. The van der Waals surface area contributed by atoms with Crippen molar-refractivity contribution in [1.29, 1.82) is 0 Å². The first-order valence-corrected chi connectivity index (χ1v) is 9.99. The van der Waals surface area contributed by atoms with Crippen LogP contribution in [0.1, 0.15) is 18.4 Å². The molecule has 4 amide bonds. The second kappa shape index (κ2) is 13.5. The van der Waals surface area contributed by atoms with Gasteiger partial charge in [0.15, 0.2) is 0 Å². The molecule has 0 aliphatic carbocycles. The Kier molecular flexibility index (Phi) is 11.1. The van der Waals surface area contributed by atoms with Crippen LogP contribution < -0.4 is 27.4 Å². The standard InChI is InChI=1S/C20H27N5O9/c21-11(7-16(28)29)17(30)23-12(8-15(22)27)18(31)25-14(9-26)19(32)24-13(20(33)34)6-10-4-2-1-3-5-10/h1-5,11-14,26H,6-9,21H2,(H2,22,27)(H,23,30)(H,24,32)(H,25,31)(H,28,29)(H,33,34). The zero-order valence-corrected chi connectivity index (χ0v) is 18.0. The van der Waals surface area contributed by atoms with Gasteiger partial charge in [-0.3, -0.25) is 24.0 Å². The summed E-state index contributed by atoms with van der Waals surface area (Å²) in [5.74, 6) is -6.95. The maximum absolute atomic E-state index is 12.5. The molecule has 0 fully saturated rings. The van der Waals surface area contributed by atoms with Crippen LogP contribution in [0, 0.1) is 0 Å². The molecule has 186 valence electrons. The summed E-state index contributed by atoms with van der Waals surface area (Å²) in [4.78, 5) is 70.6. The summed E-state index contributed by atoms with van der Waals surface area (Å²) >= 11 is 0. The second-order valence-corrected chi connectivity index (χ2v) is 7.27. The zero-order valence-electron chi connectivity index (χ0n) is 18.0. The van der Waals surface area contributed by atoms with E-state index in [-0.39, 0.29) is 6.42 Å². The van der Waals surface area contributed by atoms with Crippen LogP contribution in [-0.4, -0.2) is 81.7 Å². The van der Waals surface area contributed by atoms with Gasteiger partial charge in [-0.15, -0.1) is 0 Å². The number of aliphatic hydroxyl groups excluding tert-OH is 1. The molecule has 0 spiro atoms. The number of aliphatic hydroxyl groups is 1. The Morgan fingerprint density at radius 2 is 1.32 bits per heavy atom. The molecule has 0 heterocycles. The first-order valence-electron chi connectivity index (χ1n) is 9.99. The largest absolute Gasteiger partial charge is 0.481 e. The fourth-order valence-electron chi connectivity index (χ4n) is 2.76. The van der Waals surface area contributed by atoms with E-state index in [4.69, 9.17) is 16.6 Å². The van der Waals surface area contributed by atoms with Crippen LogP contribution in [0.25, 0.3) is 0 Å². The van der Waals surface area contributed by atoms with Crippen LogP contribution >= 0.6 is 0 Å². The average molecular weight is 481 g/mol. The zero-order chi connectivity index (χ0) is 25.8. The highest BCUT2D eigenvalue weighted by molar-refractivity contribution is 5.96. The van der Waals surface area contributed by atoms with Crippen LogP contribution in [0.4, 0.5) is 0 Å². The topological polar surface area (TPSA) is 251 Å². The first-order chi connectivity index (χ1) is 15.9. The highest BCUT2D eigenvalue weighted by Gasteiger charge is 2.31. The van der Waals surface area contributed by atoms with Crippen LogP contribution in [0.5, 0.6) is 0 Å². The highest BCUT2D eigenvalue weighted by Crippen LogP contribution is 2.04. The predicted octanol–water partition coefficient (Wildman–Crippen LogP) is -3.56. The normalized spacial score (nSPS) is 14.1. The SMILES string of the molecule is NC(=O)CC(NC(=O)C(N)CC(=O)O)C(=O)NC(CO)C(=O)NC(Cc1ccccc1)C(=O)O. The van der Waals surface area contributed by atoms with Gasteiger partial charge in [0.2, 0.25) is 23.6 Å². The Labute approximate surface area is 193 Å². The number of rotatable bonds is 14. The summed E-state index contributed by atoms with van der Waals surface area (Å²) in [6, 6.07) is 2.22. The second-order valence-electron chi connectivity index (χ2n) is 7.27. The number of nitrogens with two attached hydrogens (primary N) is 2. The molecule has 0 aliphatic rings. The van der Waals surface area contributed by atoms with Crippen molar-refractivity contribution in [3.8, 4) is 0 Å². The number of aliphatic carboxylic acids is 2. The van der Waals surface area contributed by atoms with Gasteiger partial charge in [0.05, 0.1) is 25.5 Å². The lowest BCUT2D eigenvalue weighted by atomic mass is 10.1. The van der Waals surface area contributed by atoms with Crippen molar-refractivity contribution in [3.05, 3.63) is 35.9 Å². The Morgan fingerprint density at radius 1 is 0.794 bits per heavy atom. The lowest BCUT2D eigenvalue weighted by Gasteiger charge is -2.23. The summed E-state index contributed by atoms with van der Waals surface area (Å²) in [6.45, 7) is -0.939. The Morgan fingerprint density at radius 3 is 1.82 bits per heavy atom. The van der Waals surface area contributed by atoms with Gasteiger partial charge in [-0.1, -0.05) is 30.3 Å². The van der Waals surface area contributed by atoms with Gasteiger partial charge in [0, 0.05) is 6.42 Å². The summed E-state index contributed by atoms with van der Waals surface area (Å²) in [6.07, 6.45) is -1.55. The van der Waals surface area contributed by atoms with E-state index in [9.17, 15) is 39.0 Å². The van der Waals surface area contributed by atoms with Crippen LogP contribution in [-0.2, 0) is 35.2 Å². The molecule has 0 radical (unpaired) electrons. The molecule has 0 saturated carbocycles. The van der Waals surface area contributed by atoms with Crippen LogP contribution in [0.2, 0.25) is 0 Å². The van der Waals surface area contributed by atoms with Crippen molar-refractivity contribution in [2.24, 2.45) is 11.5 Å². The van der Waals surface area contributed by atoms with Crippen molar-refractivity contribution in [3.63, 3.8) is 0 Å². The van der Waals surface area contributed by atoms with E-state index < -0.39 is 79.2 Å². The van der Waals surface area contributed by atoms with E-state index in [2.05, 4.69) is 16.0 Å². The third-order valence-corrected chi connectivity index (χ3v) is 4.48. The maximum atomic E-state index is 12.5. The summed E-state index contributed by atoms with van der Waals surface area (Å²) in [7, 11) is 0. The van der Waals surface area contributed by atoms with Gasteiger partial charge in [-0.2, -0.15) is 0 Å². The number of carbonyl (C=O) groups excluding carboxylic acids is 4. The Balaban J connectivity index is 2.88. The smallest absolute Gasteiger partial charge is 0.326 e. The summed E-state index contributed by atoms with van der Waals surface area (Å²) in [5.41, 5.74) is 11.1. The highest BCUT2D eigenvalue weighted by atomic mass is 16.4. The molecular weight excluding hydrogens is 454 g/mol. The number of benzene rings is 1. The molecule has 10 N–H and O–H groups in total. The van der Waals surface area contributed by atoms with Crippen molar-refractivity contribution < 1.29 is 44.1 Å². The molecule has 0 bridgehead atoms. The number of carboxylic acid groups (broad SMARTS) is 2. The summed E-state index contributed by atoms with van der Waals surface area (Å²) in [5, 5.41) is 34.0. The van der Waals surface area contributed by atoms with E-state index in [0.717, 1.165) is 0 Å². The number of carboxylic acids is 2. The predicted molar refractivity (Wildman–Crippen MR) is 115 cm³/mol. The number of primary amides is 1. The number of amides is 4. The van der Waals surface area contributed by atoms with E-state index in [1.54, 1.807) is 30.3 Å². The lowest BCUT2D eigenvalue weighted by Crippen LogP contribution is -2.58. The molecule has 14 heteroatoms. The van der Waals surface area contributed by atoms with Crippen molar-refractivity contribution in [2.45, 2.75) is 43.4 Å². The van der Waals surface area contributed by atoms with Gasteiger partial charge in [0.1, 0.15) is 18.1 Å². The van der Waals surface area contributed by atoms with E-state index >= 15 is 0 Å². The van der Waals surface area contributed by atoms with Crippen LogP contribution in [0.15, 0.2) is 30.3 Å². The molecule has 1 rings (SSSR count). The van der Waals surface area contributed by atoms with Crippen molar-refractivity contribution >= 4 is 35.6 Å². The summed E-state index contributed by atoms with van der Waals surface area (Å²) < 4.78 is 0. The van der Waals surface area contributed by atoms with E-state index in [1.807, 2.05) is 0 Å². The molecule has 0 aromatic heterocycles. The maximum Gasteiger partial charge on any atom is 0.326 e. The van der Waals surface area contributed by atoms with Crippen molar-refractivity contribution in [2.75, 3.05) is 6.61 Å². The lowest BCUT2D eigenvalue weighted by molar-refractivity contribution is -0.142. The van der Waals surface area contributed by atoms with Gasteiger partial charge < -0.3 is 42.7 Å². The van der Waals surface area contributed by atoms with E-state index in [1.165, 1.54) is 0 Å². The van der Waals surface area contributed by atoms with Gasteiger partial charge in [-0.25, -0.2) is 4.79 Å². The quantitative estimate of drug-likeness (QED) is 0.130. The molecule has 1 aromatic rings. The average Bonchev–Trinajstić information content (AvgIpc) is 2.75. The van der Waals surface area contributed by atoms with Gasteiger partial charge >= 0.3 is 11.9 Å². The molecule has 14 nitrogen and oxygen atoms in total. The number of hydrogen-bond acceptors (Lipinski definition) is 8. The van der Waals surface area contributed by atoms with Crippen molar-refractivity contribution in [1.82, 2.24) is 16.0 Å². The van der Waals surface area contributed by atoms with Gasteiger partial charge in [-0.05, 0) is 5.56 Å². The molecule has 0 aliphatic heterocycles. The Bertz CT molecular complexity index is 909.